The van der Waals surface area contributed by atoms with Crippen LogP contribution in [0.15, 0.2) is 0 Å². The molecular formula is C9H18N2O2S. The number of ether oxygens (including phenoxy) is 1. The van der Waals surface area contributed by atoms with Gasteiger partial charge in [-0.3, -0.25) is 4.79 Å². The minimum absolute atomic E-state index is 0.0809. The van der Waals surface area contributed by atoms with Gasteiger partial charge in [-0.1, -0.05) is 12.2 Å². The molecule has 0 spiro atoms. The quantitative estimate of drug-likeness (QED) is 0.501. The van der Waals surface area contributed by atoms with E-state index < -0.39 is 0 Å². The Balaban J connectivity index is 3.85. The zero-order chi connectivity index (χ0) is 11.0. The molecule has 0 saturated heterocycles. The van der Waals surface area contributed by atoms with Crippen molar-refractivity contribution < 1.29 is 9.53 Å². The summed E-state index contributed by atoms with van der Waals surface area (Å²) >= 11 is 4.75. The lowest BCUT2D eigenvalue weighted by Gasteiger charge is -2.19. The van der Waals surface area contributed by atoms with Crippen molar-refractivity contribution in [1.82, 2.24) is 4.90 Å². The van der Waals surface area contributed by atoms with Crippen LogP contribution in [0.2, 0.25) is 0 Å². The van der Waals surface area contributed by atoms with Crippen LogP contribution in [0.5, 0.6) is 0 Å². The van der Waals surface area contributed by atoms with Crippen molar-refractivity contribution >= 4 is 23.1 Å². The Labute approximate surface area is 90.4 Å². The number of hydrogen-bond acceptors (Lipinski definition) is 3. The first-order valence-electron chi connectivity index (χ1n) is 4.66. The highest BCUT2D eigenvalue weighted by Crippen LogP contribution is 1.98. The molecule has 0 aliphatic rings. The first kappa shape index (κ1) is 13.3. The molecule has 0 aromatic heterocycles. The van der Waals surface area contributed by atoms with Gasteiger partial charge in [0.2, 0.25) is 5.91 Å². The molecule has 0 saturated carbocycles. The van der Waals surface area contributed by atoms with Gasteiger partial charge >= 0.3 is 0 Å². The van der Waals surface area contributed by atoms with Crippen molar-refractivity contribution in [2.24, 2.45) is 5.73 Å². The van der Waals surface area contributed by atoms with E-state index in [0.717, 1.165) is 6.42 Å². The maximum atomic E-state index is 11.5. The van der Waals surface area contributed by atoms with E-state index in [9.17, 15) is 4.79 Å². The lowest BCUT2D eigenvalue weighted by Crippen LogP contribution is -2.37. The Hall–Kier alpha value is -0.680. The second kappa shape index (κ2) is 7.70. The van der Waals surface area contributed by atoms with Crippen LogP contribution in [-0.4, -0.2) is 42.6 Å². The second-order valence-corrected chi connectivity index (χ2v) is 3.49. The van der Waals surface area contributed by atoms with Gasteiger partial charge in [0.05, 0.1) is 11.5 Å². The van der Waals surface area contributed by atoms with E-state index in [1.54, 1.807) is 12.0 Å². The summed E-state index contributed by atoms with van der Waals surface area (Å²) in [5, 5.41) is 0. The molecule has 14 heavy (non-hydrogen) atoms. The predicted octanol–water partition coefficient (Wildman–Crippen LogP) is 0.548. The lowest BCUT2D eigenvalue weighted by atomic mass is 10.3. The molecule has 0 aromatic carbocycles. The van der Waals surface area contributed by atoms with Gasteiger partial charge in [0, 0.05) is 26.7 Å². The largest absolute Gasteiger partial charge is 0.392 e. The third-order valence-electron chi connectivity index (χ3n) is 1.82. The molecule has 0 unspecified atom stereocenters. The fourth-order valence-corrected chi connectivity index (χ4v) is 1.25. The number of rotatable bonds is 7. The van der Waals surface area contributed by atoms with Crippen LogP contribution in [-0.2, 0) is 9.53 Å². The first-order chi connectivity index (χ1) is 6.61. The summed E-state index contributed by atoms with van der Waals surface area (Å²) in [5.41, 5.74) is 5.37. The van der Waals surface area contributed by atoms with E-state index in [1.807, 2.05) is 6.92 Å². The number of methoxy groups -OCH3 is 1. The van der Waals surface area contributed by atoms with Crippen LogP contribution in [0.4, 0.5) is 0 Å². The molecule has 1 amide bonds. The maximum Gasteiger partial charge on any atom is 0.223 e. The highest BCUT2D eigenvalue weighted by atomic mass is 32.1. The number of carbonyl (C=O) groups is 1. The van der Waals surface area contributed by atoms with Crippen LogP contribution in [0.3, 0.4) is 0 Å². The van der Waals surface area contributed by atoms with Crippen LogP contribution in [0.25, 0.3) is 0 Å². The molecule has 82 valence electrons. The SMILES string of the molecule is CCN(CC(N)=S)C(=O)CCCOC. The number of nitrogens with zero attached hydrogens (tertiary/aromatic N) is 1. The maximum absolute atomic E-state index is 11.5. The Bertz CT molecular complexity index is 197. The Kier molecular flexibility index (Phi) is 7.32. The summed E-state index contributed by atoms with van der Waals surface area (Å²) < 4.78 is 4.87. The Morgan fingerprint density at radius 1 is 1.57 bits per heavy atom. The normalized spacial score (nSPS) is 9.86. The highest BCUT2D eigenvalue weighted by Gasteiger charge is 2.11. The van der Waals surface area contributed by atoms with Crippen LogP contribution >= 0.6 is 12.2 Å². The van der Waals surface area contributed by atoms with Crippen molar-refractivity contribution in [3.8, 4) is 0 Å². The average molecular weight is 218 g/mol. The molecule has 5 heteroatoms. The minimum Gasteiger partial charge on any atom is -0.392 e. The van der Waals surface area contributed by atoms with E-state index in [0.29, 0.717) is 31.1 Å². The first-order valence-corrected chi connectivity index (χ1v) is 5.07. The fraction of sp³-hybridized carbons (Fsp3) is 0.778. The third kappa shape index (κ3) is 5.88. The monoisotopic (exact) mass is 218 g/mol. The summed E-state index contributed by atoms with van der Waals surface area (Å²) in [4.78, 5) is 13.5. The van der Waals surface area contributed by atoms with E-state index >= 15 is 0 Å². The van der Waals surface area contributed by atoms with Crippen molar-refractivity contribution in [2.45, 2.75) is 19.8 Å². The number of amides is 1. The molecule has 0 aliphatic heterocycles. The second-order valence-electron chi connectivity index (χ2n) is 2.97. The number of nitrogens with two attached hydrogens (primary N) is 1. The summed E-state index contributed by atoms with van der Waals surface area (Å²) in [6.45, 7) is 3.53. The zero-order valence-corrected chi connectivity index (χ0v) is 9.60. The van der Waals surface area contributed by atoms with Crippen LogP contribution in [0.1, 0.15) is 19.8 Å². The summed E-state index contributed by atoms with van der Waals surface area (Å²) in [5.74, 6) is 0.0809. The Morgan fingerprint density at radius 2 is 2.21 bits per heavy atom. The van der Waals surface area contributed by atoms with E-state index in [4.69, 9.17) is 22.7 Å². The van der Waals surface area contributed by atoms with Gasteiger partial charge in [0.15, 0.2) is 0 Å². The molecule has 0 radical (unpaired) electrons. The standard InChI is InChI=1S/C9H18N2O2S/c1-3-11(7-8(10)14)9(12)5-4-6-13-2/h3-7H2,1-2H3,(H2,10,14). The van der Waals surface area contributed by atoms with Gasteiger partial charge in [0.25, 0.3) is 0 Å². The molecule has 0 rings (SSSR count). The lowest BCUT2D eigenvalue weighted by molar-refractivity contribution is -0.130. The molecule has 0 bridgehead atoms. The van der Waals surface area contributed by atoms with E-state index in [2.05, 4.69) is 0 Å². The Morgan fingerprint density at radius 3 is 2.64 bits per heavy atom. The van der Waals surface area contributed by atoms with Crippen molar-refractivity contribution in [2.75, 3.05) is 26.8 Å². The van der Waals surface area contributed by atoms with E-state index in [-0.39, 0.29) is 5.91 Å². The van der Waals surface area contributed by atoms with Crippen LogP contribution in [0, 0.1) is 0 Å². The summed E-state index contributed by atoms with van der Waals surface area (Å²) in [6, 6.07) is 0. The average Bonchev–Trinajstić information content (AvgIpc) is 2.14. The van der Waals surface area contributed by atoms with Crippen molar-refractivity contribution in [3.05, 3.63) is 0 Å². The van der Waals surface area contributed by atoms with E-state index in [1.165, 1.54) is 0 Å². The highest BCUT2D eigenvalue weighted by molar-refractivity contribution is 7.80. The van der Waals surface area contributed by atoms with Crippen molar-refractivity contribution in [1.29, 1.82) is 0 Å². The third-order valence-corrected chi connectivity index (χ3v) is 1.95. The molecule has 2 N–H and O–H groups in total. The fourth-order valence-electron chi connectivity index (χ4n) is 1.09. The molecule has 0 fully saturated rings. The zero-order valence-electron chi connectivity index (χ0n) is 8.78. The molecule has 0 aromatic rings. The number of carbonyl (C=O) groups excluding carboxylic acids is 1. The van der Waals surface area contributed by atoms with Gasteiger partial charge in [-0.15, -0.1) is 0 Å². The van der Waals surface area contributed by atoms with Gasteiger partial charge in [-0.05, 0) is 13.3 Å². The van der Waals surface area contributed by atoms with Gasteiger partial charge < -0.3 is 15.4 Å². The van der Waals surface area contributed by atoms with Crippen LogP contribution < -0.4 is 5.73 Å². The predicted molar refractivity (Wildman–Crippen MR) is 60.1 cm³/mol. The number of thiocarbonyl (C=S) groups is 1. The smallest absolute Gasteiger partial charge is 0.223 e. The van der Waals surface area contributed by atoms with Gasteiger partial charge in [-0.25, -0.2) is 0 Å². The molecule has 0 atom stereocenters. The number of likely N-dealkylation sites (N-methyl/N-ethyl adjacent to an activating group) is 1. The topological polar surface area (TPSA) is 55.6 Å². The molecule has 4 nitrogen and oxygen atoms in total. The van der Waals surface area contributed by atoms with Gasteiger partial charge in [-0.2, -0.15) is 0 Å². The molecular weight excluding hydrogens is 200 g/mol. The molecule has 0 aliphatic carbocycles. The minimum atomic E-state index is 0.0809. The van der Waals surface area contributed by atoms with Gasteiger partial charge in [0.1, 0.15) is 0 Å². The van der Waals surface area contributed by atoms with Crippen molar-refractivity contribution in [3.63, 3.8) is 0 Å². The summed E-state index contributed by atoms with van der Waals surface area (Å²) in [7, 11) is 1.62. The number of hydrogen-bond donors (Lipinski definition) is 1. The molecule has 0 heterocycles. The summed E-state index contributed by atoms with van der Waals surface area (Å²) in [6.07, 6.45) is 1.23.